The van der Waals surface area contributed by atoms with Crippen molar-refractivity contribution in [3.05, 3.63) is 35.4 Å². The predicted octanol–water partition coefficient (Wildman–Crippen LogP) is 1.40. The molecule has 1 aromatic carbocycles. The maximum Gasteiger partial charge on any atom is 0.338 e. The van der Waals surface area contributed by atoms with Gasteiger partial charge in [0.2, 0.25) is 0 Å². The molecule has 0 saturated heterocycles. The van der Waals surface area contributed by atoms with Crippen molar-refractivity contribution in [3.63, 3.8) is 0 Å². The summed E-state index contributed by atoms with van der Waals surface area (Å²) in [7, 11) is 0. The van der Waals surface area contributed by atoms with Crippen molar-refractivity contribution in [2.45, 2.75) is 6.42 Å². The molecule has 0 atom stereocenters. The van der Waals surface area contributed by atoms with E-state index in [1.54, 1.807) is 6.07 Å². The minimum absolute atomic E-state index is 0.204. The molecule has 0 N–H and O–H groups in total. The summed E-state index contributed by atoms with van der Waals surface area (Å²) in [6, 6.07) is 7.55. The topological polar surface area (TPSA) is 26.3 Å². The van der Waals surface area contributed by atoms with Gasteiger partial charge in [-0.3, -0.25) is 0 Å². The lowest BCUT2D eigenvalue weighted by atomic mass is 10.1. The van der Waals surface area contributed by atoms with E-state index in [1.807, 2.05) is 18.2 Å². The number of carbonyl (C=O) groups is 1. The molecule has 11 heavy (non-hydrogen) atoms. The Morgan fingerprint density at radius 3 is 3.18 bits per heavy atom. The number of benzene rings is 1. The third kappa shape index (κ3) is 1.11. The molecule has 0 aromatic heterocycles. The number of hydrogen-bond donors (Lipinski definition) is 0. The van der Waals surface area contributed by atoms with Gasteiger partial charge in [-0.15, -0.1) is 0 Å². The maximum atomic E-state index is 11.1. The van der Waals surface area contributed by atoms with Crippen molar-refractivity contribution in [2.75, 3.05) is 6.61 Å². The van der Waals surface area contributed by atoms with Gasteiger partial charge in [-0.25, -0.2) is 4.79 Å². The van der Waals surface area contributed by atoms with Crippen LogP contribution in [0, 0.1) is 0 Å². The molecule has 2 heteroatoms. The zero-order valence-electron chi connectivity index (χ0n) is 6.04. The Hall–Kier alpha value is -1.31. The van der Waals surface area contributed by atoms with Crippen molar-refractivity contribution in [2.24, 2.45) is 0 Å². The van der Waals surface area contributed by atoms with Crippen LogP contribution in [0.4, 0.5) is 0 Å². The lowest BCUT2D eigenvalue weighted by Crippen LogP contribution is -2.03. The van der Waals surface area contributed by atoms with Gasteiger partial charge in [0.15, 0.2) is 0 Å². The highest BCUT2D eigenvalue weighted by atomic mass is 16.5. The molecule has 0 radical (unpaired) electrons. The highest BCUT2D eigenvalue weighted by Gasteiger charge is 2.11. The van der Waals surface area contributed by atoms with Crippen LogP contribution in [-0.2, 0) is 11.2 Å². The van der Waals surface area contributed by atoms with E-state index in [2.05, 4.69) is 0 Å². The van der Waals surface area contributed by atoms with Gasteiger partial charge in [0.25, 0.3) is 0 Å². The standard InChI is InChI=1S/C9H8O2/c10-9-8-3-1-2-7(6-8)4-5-11-9/h1-3,6H,4-5H2. The number of rotatable bonds is 0. The van der Waals surface area contributed by atoms with Crippen LogP contribution in [0.1, 0.15) is 15.9 Å². The van der Waals surface area contributed by atoms with Crippen LogP contribution < -0.4 is 0 Å². The largest absolute Gasteiger partial charge is 0.462 e. The van der Waals surface area contributed by atoms with E-state index in [4.69, 9.17) is 4.74 Å². The highest BCUT2D eigenvalue weighted by Crippen LogP contribution is 2.11. The smallest absolute Gasteiger partial charge is 0.338 e. The lowest BCUT2D eigenvalue weighted by Gasteiger charge is -1.96. The van der Waals surface area contributed by atoms with E-state index < -0.39 is 0 Å². The van der Waals surface area contributed by atoms with Gasteiger partial charge in [-0.1, -0.05) is 12.1 Å². The van der Waals surface area contributed by atoms with Crippen molar-refractivity contribution >= 4 is 5.97 Å². The summed E-state index contributed by atoms with van der Waals surface area (Å²) in [5, 5.41) is 0. The van der Waals surface area contributed by atoms with E-state index in [-0.39, 0.29) is 5.97 Å². The summed E-state index contributed by atoms with van der Waals surface area (Å²) >= 11 is 0. The van der Waals surface area contributed by atoms with Crippen LogP contribution in [0.3, 0.4) is 0 Å². The maximum absolute atomic E-state index is 11.1. The molecule has 0 aliphatic carbocycles. The molecule has 0 spiro atoms. The lowest BCUT2D eigenvalue weighted by molar-refractivity contribution is 0.0517. The fraction of sp³-hybridized carbons (Fsp3) is 0.222. The predicted molar refractivity (Wildman–Crippen MR) is 40.4 cm³/mol. The Labute approximate surface area is 64.8 Å². The molecule has 1 aliphatic heterocycles. The molecule has 0 amide bonds. The third-order valence-electron chi connectivity index (χ3n) is 1.79. The van der Waals surface area contributed by atoms with E-state index in [0.29, 0.717) is 12.2 Å². The van der Waals surface area contributed by atoms with Crippen LogP contribution >= 0.6 is 0 Å². The second-order valence-electron chi connectivity index (χ2n) is 2.59. The molecule has 1 aliphatic rings. The van der Waals surface area contributed by atoms with Gasteiger partial charge in [0, 0.05) is 6.42 Å². The molecule has 0 saturated carbocycles. The minimum atomic E-state index is -0.204. The van der Waals surface area contributed by atoms with Gasteiger partial charge < -0.3 is 4.74 Å². The summed E-state index contributed by atoms with van der Waals surface area (Å²) in [5.41, 5.74) is 1.84. The summed E-state index contributed by atoms with van der Waals surface area (Å²) in [4.78, 5) is 11.1. The number of hydrogen-bond acceptors (Lipinski definition) is 2. The molecule has 56 valence electrons. The summed E-state index contributed by atoms with van der Waals surface area (Å²) in [6.45, 7) is 0.506. The monoisotopic (exact) mass is 148 g/mol. The molecule has 1 aromatic rings. The van der Waals surface area contributed by atoms with E-state index in [1.165, 1.54) is 5.56 Å². The first-order valence-electron chi connectivity index (χ1n) is 3.62. The highest BCUT2D eigenvalue weighted by molar-refractivity contribution is 5.89. The summed E-state index contributed by atoms with van der Waals surface area (Å²) < 4.78 is 4.92. The average Bonchev–Trinajstić information content (AvgIpc) is 2.14. The zero-order valence-corrected chi connectivity index (χ0v) is 6.04. The Bertz CT molecular complexity index is 291. The Kier molecular flexibility index (Phi) is 1.39. The van der Waals surface area contributed by atoms with Gasteiger partial charge in [-0.05, 0) is 17.7 Å². The number of cyclic esters (lactones) is 1. The van der Waals surface area contributed by atoms with Gasteiger partial charge in [0.1, 0.15) is 0 Å². The van der Waals surface area contributed by atoms with Crippen molar-refractivity contribution in [3.8, 4) is 0 Å². The Morgan fingerprint density at radius 1 is 1.36 bits per heavy atom. The fourth-order valence-electron chi connectivity index (χ4n) is 1.20. The van der Waals surface area contributed by atoms with Crippen molar-refractivity contribution in [1.29, 1.82) is 0 Å². The average molecular weight is 148 g/mol. The fourth-order valence-corrected chi connectivity index (χ4v) is 1.20. The SMILES string of the molecule is O=C1OCCc2cccc1c2. The van der Waals surface area contributed by atoms with Crippen LogP contribution in [-0.4, -0.2) is 12.6 Å². The summed E-state index contributed by atoms with van der Waals surface area (Å²) in [6.07, 6.45) is 0.833. The quantitative estimate of drug-likeness (QED) is 0.520. The molecule has 2 rings (SSSR count). The van der Waals surface area contributed by atoms with E-state index in [9.17, 15) is 4.79 Å². The van der Waals surface area contributed by atoms with Gasteiger partial charge in [0.05, 0.1) is 12.2 Å². The molecule has 1 heterocycles. The number of esters is 1. The van der Waals surface area contributed by atoms with E-state index in [0.717, 1.165) is 6.42 Å². The molecule has 0 unspecified atom stereocenters. The van der Waals surface area contributed by atoms with Gasteiger partial charge in [-0.2, -0.15) is 0 Å². The van der Waals surface area contributed by atoms with Crippen LogP contribution in [0.25, 0.3) is 0 Å². The normalized spacial score (nSPS) is 15.5. The second-order valence-corrected chi connectivity index (χ2v) is 2.59. The number of carbonyl (C=O) groups excluding carboxylic acids is 1. The Morgan fingerprint density at radius 2 is 2.27 bits per heavy atom. The first-order chi connectivity index (χ1) is 5.36. The molecule has 2 nitrogen and oxygen atoms in total. The number of fused-ring (bicyclic) bond motifs is 2. The van der Waals surface area contributed by atoms with Gasteiger partial charge >= 0.3 is 5.97 Å². The second kappa shape index (κ2) is 2.38. The molecular weight excluding hydrogens is 140 g/mol. The number of ether oxygens (including phenoxy) is 1. The molecule has 0 fully saturated rings. The zero-order chi connectivity index (χ0) is 7.68. The first kappa shape index (κ1) is 6.40. The van der Waals surface area contributed by atoms with Crippen LogP contribution in [0.5, 0.6) is 0 Å². The van der Waals surface area contributed by atoms with Crippen molar-refractivity contribution in [1.82, 2.24) is 0 Å². The summed E-state index contributed by atoms with van der Waals surface area (Å²) in [5.74, 6) is -0.204. The Balaban J connectivity index is 2.50. The van der Waals surface area contributed by atoms with E-state index >= 15 is 0 Å². The van der Waals surface area contributed by atoms with Crippen LogP contribution in [0.15, 0.2) is 24.3 Å². The third-order valence-corrected chi connectivity index (χ3v) is 1.79. The van der Waals surface area contributed by atoms with Crippen LogP contribution in [0.2, 0.25) is 0 Å². The van der Waals surface area contributed by atoms with Crippen molar-refractivity contribution < 1.29 is 9.53 Å². The molecular formula is C9H8O2. The molecule has 2 bridgehead atoms. The first-order valence-corrected chi connectivity index (χ1v) is 3.62. The minimum Gasteiger partial charge on any atom is -0.462 e.